The molecule has 4 nitrogen and oxygen atoms in total. The van der Waals surface area contributed by atoms with Crippen LogP contribution in [0.1, 0.15) is 31.5 Å². The van der Waals surface area contributed by atoms with E-state index in [0.717, 1.165) is 16.2 Å². The average Bonchev–Trinajstić information content (AvgIpc) is 2.86. The number of thiophene rings is 1. The molecule has 0 radical (unpaired) electrons. The average molecular weight is 375 g/mol. The summed E-state index contributed by atoms with van der Waals surface area (Å²) in [4.78, 5) is 7.96. The Morgan fingerprint density at radius 1 is 1.45 bits per heavy atom. The first-order valence-electron chi connectivity index (χ1n) is 6.36. The van der Waals surface area contributed by atoms with Gasteiger partial charge in [-0.1, -0.05) is 20.8 Å². The van der Waals surface area contributed by atoms with E-state index in [1.54, 1.807) is 11.3 Å². The maximum absolute atomic E-state index is 5.32. The first kappa shape index (κ1) is 15.9. The molecule has 0 fully saturated rings. The SMILES string of the molecule is CN(Cc1ccc(Br)s1)Cn1[nH]c(C(C)(C)C)nc1=S. The summed E-state index contributed by atoms with van der Waals surface area (Å²) >= 11 is 10.6. The van der Waals surface area contributed by atoms with E-state index in [1.165, 1.54) is 4.88 Å². The summed E-state index contributed by atoms with van der Waals surface area (Å²) in [7, 11) is 2.08. The Balaban J connectivity index is 2.06. The Morgan fingerprint density at radius 2 is 2.15 bits per heavy atom. The molecule has 0 atom stereocenters. The standard InChI is InChI=1S/C13H19BrN4S2/c1-13(2,3)11-15-12(19)18(16-11)8-17(4)7-9-5-6-10(14)20-9/h5-6H,7-8H2,1-4H3,(H,15,16,19). The van der Waals surface area contributed by atoms with E-state index >= 15 is 0 Å². The molecule has 20 heavy (non-hydrogen) atoms. The van der Waals surface area contributed by atoms with Gasteiger partial charge in [0, 0.05) is 16.8 Å². The highest BCUT2D eigenvalue weighted by atomic mass is 79.9. The molecule has 0 bridgehead atoms. The van der Waals surface area contributed by atoms with Gasteiger partial charge in [-0.25, -0.2) is 9.67 Å². The van der Waals surface area contributed by atoms with E-state index in [9.17, 15) is 0 Å². The predicted octanol–water partition coefficient (Wildman–Crippen LogP) is 4.15. The van der Waals surface area contributed by atoms with Gasteiger partial charge >= 0.3 is 0 Å². The zero-order valence-corrected chi connectivity index (χ0v) is 15.3. The number of H-pyrrole nitrogens is 1. The van der Waals surface area contributed by atoms with Crippen LogP contribution in [0, 0.1) is 4.77 Å². The second-order valence-electron chi connectivity index (χ2n) is 5.89. The van der Waals surface area contributed by atoms with Crippen LogP contribution in [0.2, 0.25) is 0 Å². The van der Waals surface area contributed by atoms with Crippen LogP contribution in [-0.2, 0) is 18.6 Å². The van der Waals surface area contributed by atoms with Crippen LogP contribution in [0.25, 0.3) is 0 Å². The lowest BCUT2D eigenvalue weighted by Gasteiger charge is -2.17. The largest absolute Gasteiger partial charge is 0.282 e. The summed E-state index contributed by atoms with van der Waals surface area (Å²) in [5.41, 5.74) is -0.0179. The summed E-state index contributed by atoms with van der Waals surface area (Å²) in [5.74, 6) is 0.926. The monoisotopic (exact) mass is 374 g/mol. The van der Waals surface area contributed by atoms with Crippen molar-refractivity contribution < 1.29 is 0 Å². The van der Waals surface area contributed by atoms with Crippen molar-refractivity contribution in [2.75, 3.05) is 7.05 Å². The van der Waals surface area contributed by atoms with E-state index < -0.39 is 0 Å². The minimum atomic E-state index is -0.0179. The van der Waals surface area contributed by atoms with Gasteiger partial charge in [0.2, 0.25) is 4.77 Å². The third-order valence-electron chi connectivity index (χ3n) is 2.83. The Hall–Kier alpha value is -0.500. The quantitative estimate of drug-likeness (QED) is 0.816. The van der Waals surface area contributed by atoms with Gasteiger partial charge < -0.3 is 0 Å². The molecule has 7 heteroatoms. The van der Waals surface area contributed by atoms with Gasteiger partial charge in [0.05, 0.1) is 10.5 Å². The molecule has 2 heterocycles. The molecule has 2 aromatic rings. The normalized spacial score (nSPS) is 12.3. The highest BCUT2D eigenvalue weighted by molar-refractivity contribution is 9.11. The van der Waals surface area contributed by atoms with Crippen LogP contribution < -0.4 is 0 Å². The van der Waals surface area contributed by atoms with Crippen molar-refractivity contribution in [3.8, 4) is 0 Å². The number of hydrogen-bond donors (Lipinski definition) is 1. The molecule has 0 aliphatic carbocycles. The van der Waals surface area contributed by atoms with E-state index in [2.05, 4.69) is 70.9 Å². The van der Waals surface area contributed by atoms with Crippen LogP contribution in [-0.4, -0.2) is 26.7 Å². The molecule has 0 spiro atoms. The number of nitrogens with one attached hydrogen (secondary N) is 1. The van der Waals surface area contributed by atoms with Crippen molar-refractivity contribution in [3.05, 3.63) is 31.4 Å². The number of halogens is 1. The molecule has 0 aromatic carbocycles. The number of aromatic amines is 1. The summed E-state index contributed by atoms with van der Waals surface area (Å²) in [6.45, 7) is 7.97. The Bertz CT molecular complexity index is 635. The summed E-state index contributed by atoms with van der Waals surface area (Å²) in [6, 6.07) is 4.21. The van der Waals surface area contributed by atoms with Crippen molar-refractivity contribution in [3.63, 3.8) is 0 Å². The second-order valence-corrected chi connectivity index (χ2v) is 8.81. The molecule has 1 N–H and O–H groups in total. The molecular formula is C13H19BrN4S2. The first-order chi connectivity index (χ1) is 9.25. The highest BCUT2D eigenvalue weighted by Gasteiger charge is 2.18. The third-order valence-corrected chi connectivity index (χ3v) is 4.75. The molecule has 0 amide bonds. The maximum atomic E-state index is 5.32. The van der Waals surface area contributed by atoms with Crippen LogP contribution in [0.5, 0.6) is 0 Å². The molecule has 0 unspecified atom stereocenters. The molecule has 0 saturated heterocycles. The summed E-state index contributed by atoms with van der Waals surface area (Å²) in [5, 5.41) is 3.30. The summed E-state index contributed by atoms with van der Waals surface area (Å²) < 4.78 is 3.68. The Labute approximate surface area is 136 Å². The lowest BCUT2D eigenvalue weighted by molar-refractivity contribution is 0.245. The highest BCUT2D eigenvalue weighted by Crippen LogP contribution is 2.23. The van der Waals surface area contributed by atoms with Crippen molar-refractivity contribution >= 4 is 39.5 Å². The second kappa shape index (κ2) is 6.09. The molecule has 2 rings (SSSR count). The number of hydrogen-bond acceptors (Lipinski definition) is 4. The van der Waals surface area contributed by atoms with E-state index in [1.807, 2.05) is 4.68 Å². The first-order valence-corrected chi connectivity index (χ1v) is 8.37. The number of aromatic nitrogens is 3. The molecule has 0 saturated carbocycles. The summed E-state index contributed by atoms with van der Waals surface area (Å²) in [6.07, 6.45) is 0. The molecule has 110 valence electrons. The van der Waals surface area contributed by atoms with Gasteiger partial charge in [0.1, 0.15) is 5.82 Å². The predicted molar refractivity (Wildman–Crippen MR) is 89.6 cm³/mol. The Kier molecular flexibility index (Phi) is 4.84. The van der Waals surface area contributed by atoms with Crippen LogP contribution in [0.4, 0.5) is 0 Å². The molecule has 2 aromatic heterocycles. The lowest BCUT2D eigenvalue weighted by Crippen LogP contribution is -2.22. The fraction of sp³-hybridized carbons (Fsp3) is 0.538. The van der Waals surface area contributed by atoms with Gasteiger partial charge in [0.15, 0.2) is 0 Å². The van der Waals surface area contributed by atoms with Crippen LogP contribution >= 0.6 is 39.5 Å². The number of rotatable bonds is 4. The van der Waals surface area contributed by atoms with Gasteiger partial charge in [-0.05, 0) is 47.3 Å². The maximum Gasteiger partial charge on any atom is 0.217 e. The Morgan fingerprint density at radius 3 is 2.65 bits per heavy atom. The van der Waals surface area contributed by atoms with Crippen molar-refractivity contribution in [1.29, 1.82) is 0 Å². The third kappa shape index (κ3) is 4.00. The topological polar surface area (TPSA) is 36.9 Å². The molecule has 0 aliphatic rings. The van der Waals surface area contributed by atoms with Gasteiger partial charge in [-0.2, -0.15) is 0 Å². The fourth-order valence-electron chi connectivity index (χ4n) is 1.78. The smallest absolute Gasteiger partial charge is 0.217 e. The van der Waals surface area contributed by atoms with Gasteiger partial charge in [-0.15, -0.1) is 11.3 Å². The lowest BCUT2D eigenvalue weighted by atomic mass is 9.96. The zero-order valence-electron chi connectivity index (χ0n) is 12.1. The molecular weight excluding hydrogens is 356 g/mol. The van der Waals surface area contributed by atoms with Gasteiger partial charge in [-0.3, -0.25) is 10.00 Å². The fourth-order valence-corrected chi connectivity index (χ4v) is 3.54. The van der Waals surface area contributed by atoms with Gasteiger partial charge in [0.25, 0.3) is 0 Å². The minimum absolute atomic E-state index is 0.0179. The van der Waals surface area contributed by atoms with E-state index in [-0.39, 0.29) is 5.41 Å². The minimum Gasteiger partial charge on any atom is -0.282 e. The molecule has 0 aliphatic heterocycles. The van der Waals surface area contributed by atoms with Crippen LogP contribution in [0.3, 0.4) is 0 Å². The van der Waals surface area contributed by atoms with E-state index in [4.69, 9.17) is 12.2 Å². The zero-order chi connectivity index (χ0) is 14.9. The van der Waals surface area contributed by atoms with Crippen LogP contribution in [0.15, 0.2) is 15.9 Å². The van der Waals surface area contributed by atoms with Crippen molar-refractivity contribution in [2.45, 2.75) is 39.4 Å². The van der Waals surface area contributed by atoms with Crippen molar-refractivity contribution in [1.82, 2.24) is 19.7 Å². The van der Waals surface area contributed by atoms with Crippen molar-refractivity contribution in [2.24, 2.45) is 0 Å². The van der Waals surface area contributed by atoms with E-state index in [0.29, 0.717) is 11.4 Å². The number of nitrogens with zero attached hydrogens (tertiary/aromatic N) is 3.